The van der Waals surface area contributed by atoms with Crippen LogP contribution in [0.25, 0.3) is 0 Å². The number of benzene rings is 2. The lowest BCUT2D eigenvalue weighted by molar-refractivity contribution is -0.120. The van der Waals surface area contributed by atoms with E-state index in [-0.39, 0.29) is 17.4 Å². The van der Waals surface area contributed by atoms with E-state index in [0.29, 0.717) is 18.8 Å². The number of para-hydroxylation sites is 1. The van der Waals surface area contributed by atoms with Crippen LogP contribution < -0.4 is 9.64 Å². The molecule has 3 rings (SSSR count). The van der Waals surface area contributed by atoms with Gasteiger partial charge in [-0.05, 0) is 49.2 Å². The molecule has 0 unspecified atom stereocenters. The van der Waals surface area contributed by atoms with Gasteiger partial charge < -0.3 is 9.64 Å². The number of amides is 1. The summed E-state index contributed by atoms with van der Waals surface area (Å²) in [4.78, 5) is 14.0. The highest BCUT2D eigenvalue weighted by atomic mass is 32.2. The Balaban J connectivity index is 1.60. The van der Waals surface area contributed by atoms with Crippen molar-refractivity contribution < 1.29 is 17.9 Å². The summed E-state index contributed by atoms with van der Waals surface area (Å²) in [5, 5.41) is 0. The minimum atomic E-state index is -3.46. The molecule has 2 aromatic carbocycles. The Morgan fingerprint density at radius 1 is 1.00 bits per heavy atom. The topological polar surface area (TPSA) is 66.9 Å². The van der Waals surface area contributed by atoms with Gasteiger partial charge in [0.2, 0.25) is 10.0 Å². The van der Waals surface area contributed by atoms with E-state index in [1.807, 2.05) is 30.3 Å². The molecule has 0 aliphatic carbocycles. The van der Waals surface area contributed by atoms with E-state index in [1.54, 1.807) is 19.2 Å². The lowest BCUT2D eigenvalue weighted by atomic mass is 10.2. The summed E-state index contributed by atoms with van der Waals surface area (Å²) < 4.78 is 32.3. The van der Waals surface area contributed by atoms with Crippen LogP contribution in [-0.2, 0) is 14.8 Å². The molecule has 6 nitrogen and oxygen atoms in total. The van der Waals surface area contributed by atoms with Crippen molar-refractivity contribution in [3.8, 4) is 5.75 Å². The van der Waals surface area contributed by atoms with Gasteiger partial charge in [-0.1, -0.05) is 24.6 Å². The second kappa shape index (κ2) is 8.54. The first-order valence-electron chi connectivity index (χ1n) is 9.03. The van der Waals surface area contributed by atoms with Crippen molar-refractivity contribution in [2.75, 3.05) is 31.6 Å². The first-order valence-corrected chi connectivity index (χ1v) is 10.5. The van der Waals surface area contributed by atoms with Crippen LogP contribution >= 0.6 is 0 Å². The van der Waals surface area contributed by atoms with Gasteiger partial charge in [0.25, 0.3) is 5.91 Å². The highest BCUT2D eigenvalue weighted by Crippen LogP contribution is 2.22. The summed E-state index contributed by atoms with van der Waals surface area (Å²) >= 11 is 0. The summed E-state index contributed by atoms with van der Waals surface area (Å²) in [7, 11) is -1.77. The highest BCUT2D eigenvalue weighted by Gasteiger charge is 2.25. The van der Waals surface area contributed by atoms with E-state index in [4.69, 9.17) is 4.74 Å². The lowest BCUT2D eigenvalue weighted by Gasteiger charge is -2.25. The Labute approximate surface area is 160 Å². The van der Waals surface area contributed by atoms with Crippen LogP contribution in [0.1, 0.15) is 19.3 Å². The predicted octanol–water partition coefficient (Wildman–Crippen LogP) is 2.90. The van der Waals surface area contributed by atoms with Crippen LogP contribution in [0, 0.1) is 0 Å². The zero-order chi connectivity index (χ0) is 19.3. The molecule has 7 heteroatoms. The fourth-order valence-electron chi connectivity index (χ4n) is 3.00. The number of carbonyl (C=O) groups excluding carboxylic acids is 1. The Hall–Kier alpha value is -2.38. The second-order valence-electron chi connectivity index (χ2n) is 6.51. The third-order valence-corrected chi connectivity index (χ3v) is 6.57. The molecular weight excluding hydrogens is 364 g/mol. The molecule has 2 aromatic rings. The van der Waals surface area contributed by atoms with Crippen molar-refractivity contribution >= 4 is 21.6 Å². The standard InChI is InChI=1S/C20H24N2O4S/c1-21(17-8-4-2-5-9-17)20(23)16-26-18-10-12-19(13-11-18)27(24,25)22-14-6-3-7-15-22/h2,4-5,8-13H,3,6-7,14-16H2,1H3. The Kier molecular flexibility index (Phi) is 6.13. The fraction of sp³-hybridized carbons (Fsp3) is 0.350. The van der Waals surface area contributed by atoms with Crippen molar-refractivity contribution in [1.29, 1.82) is 0 Å². The number of carbonyl (C=O) groups is 1. The van der Waals surface area contributed by atoms with Crippen LogP contribution in [0.5, 0.6) is 5.75 Å². The molecule has 0 bridgehead atoms. The van der Waals surface area contributed by atoms with Gasteiger partial charge in [0.1, 0.15) is 5.75 Å². The summed E-state index contributed by atoms with van der Waals surface area (Å²) in [6.45, 7) is 1.02. The van der Waals surface area contributed by atoms with E-state index in [1.165, 1.54) is 21.3 Å². The first kappa shape index (κ1) is 19.4. The molecule has 144 valence electrons. The quantitative estimate of drug-likeness (QED) is 0.763. The van der Waals surface area contributed by atoms with E-state index < -0.39 is 10.0 Å². The van der Waals surface area contributed by atoms with Crippen LogP contribution in [0.4, 0.5) is 5.69 Å². The summed E-state index contributed by atoms with van der Waals surface area (Å²) in [5.41, 5.74) is 0.786. The maximum Gasteiger partial charge on any atom is 0.264 e. The average Bonchev–Trinajstić information content (AvgIpc) is 2.73. The van der Waals surface area contributed by atoms with Crippen LogP contribution in [-0.4, -0.2) is 45.4 Å². The third kappa shape index (κ3) is 4.67. The highest BCUT2D eigenvalue weighted by molar-refractivity contribution is 7.89. The number of hydrogen-bond donors (Lipinski definition) is 0. The Morgan fingerprint density at radius 2 is 1.63 bits per heavy atom. The molecule has 0 atom stereocenters. The number of anilines is 1. The maximum atomic E-state index is 12.6. The number of hydrogen-bond acceptors (Lipinski definition) is 4. The van der Waals surface area contributed by atoms with Crippen molar-refractivity contribution in [3.63, 3.8) is 0 Å². The molecule has 27 heavy (non-hydrogen) atoms. The van der Waals surface area contributed by atoms with Crippen LogP contribution in [0.3, 0.4) is 0 Å². The Morgan fingerprint density at radius 3 is 2.26 bits per heavy atom. The fourth-order valence-corrected chi connectivity index (χ4v) is 4.52. The molecule has 1 aliphatic rings. The van der Waals surface area contributed by atoms with E-state index in [9.17, 15) is 13.2 Å². The predicted molar refractivity (Wildman–Crippen MR) is 104 cm³/mol. The third-order valence-electron chi connectivity index (χ3n) is 4.66. The van der Waals surface area contributed by atoms with Gasteiger partial charge in [-0.3, -0.25) is 4.79 Å². The summed E-state index contributed by atoms with van der Waals surface area (Å²) in [6, 6.07) is 15.5. The minimum Gasteiger partial charge on any atom is -0.484 e. The van der Waals surface area contributed by atoms with Crippen molar-refractivity contribution in [2.45, 2.75) is 24.2 Å². The minimum absolute atomic E-state index is 0.121. The number of likely N-dealkylation sites (N-methyl/N-ethyl adjacent to an activating group) is 1. The molecule has 1 heterocycles. The number of rotatable bonds is 6. The SMILES string of the molecule is CN(C(=O)COc1ccc(S(=O)(=O)N2CCCCC2)cc1)c1ccccc1. The van der Waals surface area contributed by atoms with E-state index in [0.717, 1.165) is 24.9 Å². The number of sulfonamides is 1. The van der Waals surface area contributed by atoms with E-state index >= 15 is 0 Å². The second-order valence-corrected chi connectivity index (χ2v) is 8.45. The van der Waals surface area contributed by atoms with Gasteiger partial charge in [-0.2, -0.15) is 4.31 Å². The normalized spacial score (nSPS) is 15.3. The molecule has 1 saturated heterocycles. The monoisotopic (exact) mass is 388 g/mol. The molecule has 1 fully saturated rings. The molecule has 0 N–H and O–H groups in total. The van der Waals surface area contributed by atoms with E-state index in [2.05, 4.69) is 0 Å². The Bertz CT molecular complexity index is 861. The van der Waals surface area contributed by atoms with Gasteiger partial charge in [0, 0.05) is 25.8 Å². The molecule has 0 spiro atoms. The largest absolute Gasteiger partial charge is 0.484 e. The summed E-state index contributed by atoms with van der Waals surface area (Å²) in [6.07, 6.45) is 2.87. The van der Waals surface area contributed by atoms with Crippen molar-refractivity contribution in [1.82, 2.24) is 4.31 Å². The first-order chi connectivity index (χ1) is 13.0. The molecule has 1 aliphatic heterocycles. The number of ether oxygens (including phenoxy) is 1. The number of piperidine rings is 1. The molecule has 0 radical (unpaired) electrons. The maximum absolute atomic E-state index is 12.6. The molecule has 1 amide bonds. The van der Waals surface area contributed by atoms with Crippen LogP contribution in [0.2, 0.25) is 0 Å². The molecule has 0 aromatic heterocycles. The smallest absolute Gasteiger partial charge is 0.264 e. The zero-order valence-corrected chi connectivity index (χ0v) is 16.2. The lowest BCUT2D eigenvalue weighted by Crippen LogP contribution is -2.35. The molecular formula is C20H24N2O4S. The summed E-state index contributed by atoms with van der Waals surface area (Å²) in [5.74, 6) is 0.272. The number of nitrogens with zero attached hydrogens (tertiary/aromatic N) is 2. The average molecular weight is 388 g/mol. The van der Waals surface area contributed by atoms with Crippen LogP contribution in [0.15, 0.2) is 59.5 Å². The zero-order valence-electron chi connectivity index (χ0n) is 15.4. The molecule has 0 saturated carbocycles. The van der Waals surface area contributed by atoms with Crippen molar-refractivity contribution in [3.05, 3.63) is 54.6 Å². The van der Waals surface area contributed by atoms with Gasteiger partial charge in [0.05, 0.1) is 4.90 Å². The van der Waals surface area contributed by atoms with Gasteiger partial charge in [0.15, 0.2) is 6.61 Å². The van der Waals surface area contributed by atoms with Gasteiger partial charge in [-0.15, -0.1) is 0 Å². The van der Waals surface area contributed by atoms with Gasteiger partial charge in [-0.25, -0.2) is 8.42 Å². The van der Waals surface area contributed by atoms with Crippen molar-refractivity contribution in [2.24, 2.45) is 0 Å². The van der Waals surface area contributed by atoms with Gasteiger partial charge >= 0.3 is 0 Å².